The molecule has 0 heterocycles. The largest absolute Gasteiger partial charge is 0.497 e. The minimum absolute atomic E-state index is 0.0622. The molecular weight excluding hydrogens is 282 g/mol. The standard InChI is InChI=1S/C10H16O3.C7H9NO/c1-2-13-10(12)7-8-5-3-4-6-9(8)11;1-9-7-4-2-6(8)3-5-7/h8H,2-7H2,1H3;2-5H,8H2,1H3. The minimum atomic E-state index is -0.234. The maximum atomic E-state index is 11.3. The molecule has 0 saturated heterocycles. The lowest BCUT2D eigenvalue weighted by Crippen LogP contribution is -2.22. The molecule has 1 aromatic carbocycles. The molecule has 5 heteroatoms. The van der Waals surface area contributed by atoms with E-state index in [0.29, 0.717) is 13.0 Å². The van der Waals surface area contributed by atoms with E-state index in [4.69, 9.17) is 15.2 Å². The molecule has 22 heavy (non-hydrogen) atoms. The number of ether oxygens (including phenoxy) is 2. The summed E-state index contributed by atoms with van der Waals surface area (Å²) in [6.45, 7) is 2.18. The number of carbonyl (C=O) groups is 2. The minimum Gasteiger partial charge on any atom is -0.497 e. The summed E-state index contributed by atoms with van der Waals surface area (Å²) < 4.78 is 9.72. The Bertz CT molecular complexity index is 470. The second kappa shape index (κ2) is 9.82. The van der Waals surface area contributed by atoms with Crippen molar-refractivity contribution < 1.29 is 19.1 Å². The summed E-state index contributed by atoms with van der Waals surface area (Å²) in [4.78, 5) is 22.4. The van der Waals surface area contributed by atoms with Crippen LogP contribution in [0.4, 0.5) is 5.69 Å². The van der Waals surface area contributed by atoms with Gasteiger partial charge in [-0.15, -0.1) is 0 Å². The molecule has 0 amide bonds. The maximum Gasteiger partial charge on any atom is 0.306 e. The zero-order chi connectivity index (χ0) is 16.4. The molecule has 0 bridgehead atoms. The molecule has 1 saturated carbocycles. The van der Waals surface area contributed by atoms with Crippen molar-refractivity contribution in [1.29, 1.82) is 0 Å². The van der Waals surface area contributed by atoms with E-state index in [1.165, 1.54) is 0 Å². The molecule has 0 aliphatic heterocycles. The predicted octanol–water partition coefficient (Wildman–Crippen LogP) is 2.98. The Balaban J connectivity index is 0.000000235. The van der Waals surface area contributed by atoms with Crippen molar-refractivity contribution in [2.45, 2.75) is 39.0 Å². The van der Waals surface area contributed by atoms with Crippen LogP contribution >= 0.6 is 0 Å². The van der Waals surface area contributed by atoms with Gasteiger partial charge in [0.25, 0.3) is 0 Å². The van der Waals surface area contributed by atoms with Crippen molar-refractivity contribution in [2.75, 3.05) is 19.5 Å². The highest BCUT2D eigenvalue weighted by atomic mass is 16.5. The molecule has 1 aromatic rings. The summed E-state index contributed by atoms with van der Waals surface area (Å²) in [7, 11) is 1.63. The van der Waals surface area contributed by atoms with Crippen LogP contribution in [0.25, 0.3) is 0 Å². The van der Waals surface area contributed by atoms with E-state index in [2.05, 4.69) is 0 Å². The zero-order valence-electron chi connectivity index (χ0n) is 13.3. The summed E-state index contributed by atoms with van der Waals surface area (Å²) in [5.74, 6) is 0.777. The third kappa shape index (κ3) is 6.61. The quantitative estimate of drug-likeness (QED) is 0.683. The van der Waals surface area contributed by atoms with Crippen LogP contribution in [0.2, 0.25) is 0 Å². The molecule has 1 fully saturated rings. The molecular formula is C17H25NO4. The molecule has 5 nitrogen and oxygen atoms in total. The Morgan fingerprint density at radius 2 is 1.95 bits per heavy atom. The molecule has 1 atom stereocenters. The Morgan fingerprint density at radius 3 is 2.50 bits per heavy atom. The first-order valence-electron chi connectivity index (χ1n) is 7.64. The van der Waals surface area contributed by atoms with Gasteiger partial charge in [-0.05, 0) is 44.0 Å². The van der Waals surface area contributed by atoms with E-state index < -0.39 is 0 Å². The maximum absolute atomic E-state index is 11.3. The van der Waals surface area contributed by atoms with Gasteiger partial charge in [-0.1, -0.05) is 6.42 Å². The highest BCUT2D eigenvalue weighted by molar-refractivity contribution is 5.85. The summed E-state index contributed by atoms with van der Waals surface area (Å²) in [6, 6.07) is 7.27. The van der Waals surface area contributed by atoms with E-state index in [9.17, 15) is 9.59 Å². The normalized spacial score (nSPS) is 17.2. The van der Waals surface area contributed by atoms with Crippen LogP contribution in [0, 0.1) is 5.92 Å². The van der Waals surface area contributed by atoms with E-state index >= 15 is 0 Å². The van der Waals surface area contributed by atoms with Crippen LogP contribution in [0.3, 0.4) is 0 Å². The SMILES string of the molecule is CCOC(=O)CC1CCCCC1=O.COc1ccc(N)cc1. The topological polar surface area (TPSA) is 78.6 Å². The molecule has 0 aromatic heterocycles. The van der Waals surface area contributed by atoms with Crippen molar-refractivity contribution in [3.8, 4) is 5.75 Å². The van der Waals surface area contributed by atoms with Gasteiger partial charge in [0.05, 0.1) is 20.1 Å². The van der Waals surface area contributed by atoms with Crippen LogP contribution in [0.1, 0.15) is 39.0 Å². The van der Waals surface area contributed by atoms with E-state index in [1.807, 2.05) is 12.1 Å². The van der Waals surface area contributed by atoms with Crippen LogP contribution < -0.4 is 10.5 Å². The molecule has 1 unspecified atom stereocenters. The van der Waals surface area contributed by atoms with Gasteiger partial charge >= 0.3 is 5.97 Å². The number of nitrogen functional groups attached to an aromatic ring is 1. The van der Waals surface area contributed by atoms with Crippen molar-refractivity contribution in [2.24, 2.45) is 5.92 Å². The highest BCUT2D eigenvalue weighted by Gasteiger charge is 2.24. The van der Waals surface area contributed by atoms with Gasteiger partial charge in [-0.2, -0.15) is 0 Å². The molecule has 0 radical (unpaired) electrons. The van der Waals surface area contributed by atoms with Crippen molar-refractivity contribution >= 4 is 17.4 Å². The van der Waals surface area contributed by atoms with Crippen molar-refractivity contribution in [1.82, 2.24) is 0 Å². The Morgan fingerprint density at radius 1 is 1.27 bits per heavy atom. The number of Topliss-reactive ketones (excluding diaryl/α,β-unsaturated/α-hetero) is 1. The van der Waals surface area contributed by atoms with Gasteiger partial charge in [0.2, 0.25) is 0 Å². The number of methoxy groups -OCH3 is 1. The fraction of sp³-hybridized carbons (Fsp3) is 0.529. The smallest absolute Gasteiger partial charge is 0.306 e. The fourth-order valence-electron chi connectivity index (χ4n) is 2.30. The third-order valence-corrected chi connectivity index (χ3v) is 3.52. The first-order chi connectivity index (χ1) is 10.6. The lowest BCUT2D eigenvalue weighted by molar-refractivity contribution is -0.146. The van der Waals surface area contributed by atoms with Gasteiger partial charge in [0.15, 0.2) is 0 Å². The Hall–Kier alpha value is -2.04. The average molecular weight is 307 g/mol. The molecule has 1 aliphatic rings. The molecule has 2 N–H and O–H groups in total. The number of anilines is 1. The lowest BCUT2D eigenvalue weighted by Gasteiger charge is -2.19. The number of esters is 1. The zero-order valence-corrected chi connectivity index (χ0v) is 13.3. The summed E-state index contributed by atoms with van der Waals surface area (Å²) in [6.07, 6.45) is 3.84. The Kier molecular flexibility index (Phi) is 8.04. The van der Waals surface area contributed by atoms with Crippen LogP contribution in [-0.2, 0) is 14.3 Å². The predicted molar refractivity (Wildman–Crippen MR) is 85.6 cm³/mol. The van der Waals surface area contributed by atoms with Gasteiger partial charge < -0.3 is 15.2 Å². The number of nitrogens with two attached hydrogens (primary N) is 1. The van der Waals surface area contributed by atoms with Gasteiger partial charge in [-0.25, -0.2) is 0 Å². The van der Waals surface area contributed by atoms with Crippen molar-refractivity contribution in [3.63, 3.8) is 0 Å². The van der Waals surface area contributed by atoms with Crippen molar-refractivity contribution in [3.05, 3.63) is 24.3 Å². The van der Waals surface area contributed by atoms with E-state index in [-0.39, 0.29) is 24.1 Å². The first-order valence-corrected chi connectivity index (χ1v) is 7.64. The monoisotopic (exact) mass is 307 g/mol. The van der Waals surface area contributed by atoms with Crippen LogP contribution in [0.5, 0.6) is 5.75 Å². The second-order valence-electron chi connectivity index (χ2n) is 5.19. The number of ketones is 1. The molecule has 0 spiro atoms. The van der Waals surface area contributed by atoms with Gasteiger partial charge in [0.1, 0.15) is 11.5 Å². The fourth-order valence-corrected chi connectivity index (χ4v) is 2.30. The van der Waals surface area contributed by atoms with E-state index in [1.54, 1.807) is 26.2 Å². The number of carbonyl (C=O) groups excluding carboxylic acids is 2. The number of hydrogen-bond donors (Lipinski definition) is 1. The van der Waals surface area contributed by atoms with E-state index in [0.717, 1.165) is 30.7 Å². The lowest BCUT2D eigenvalue weighted by atomic mass is 9.86. The first kappa shape index (κ1) is 18.0. The summed E-state index contributed by atoms with van der Waals surface area (Å²) in [5.41, 5.74) is 6.19. The van der Waals surface area contributed by atoms with Crippen LogP contribution in [-0.4, -0.2) is 25.5 Å². The highest BCUT2D eigenvalue weighted by Crippen LogP contribution is 2.23. The summed E-state index contributed by atoms with van der Waals surface area (Å²) >= 11 is 0. The second-order valence-corrected chi connectivity index (χ2v) is 5.19. The van der Waals surface area contributed by atoms with Gasteiger partial charge in [-0.3, -0.25) is 9.59 Å². The average Bonchev–Trinajstić information content (AvgIpc) is 2.51. The number of benzene rings is 1. The molecule has 2 rings (SSSR count). The third-order valence-electron chi connectivity index (χ3n) is 3.52. The summed E-state index contributed by atoms with van der Waals surface area (Å²) in [5, 5.41) is 0. The Labute approximate surface area is 131 Å². The van der Waals surface area contributed by atoms with Gasteiger partial charge in [0, 0.05) is 18.0 Å². The molecule has 122 valence electrons. The number of rotatable bonds is 4. The van der Waals surface area contributed by atoms with Crippen LogP contribution in [0.15, 0.2) is 24.3 Å². The number of hydrogen-bond acceptors (Lipinski definition) is 5. The molecule has 1 aliphatic carbocycles.